The van der Waals surface area contributed by atoms with Gasteiger partial charge >= 0.3 is 6.03 Å². The van der Waals surface area contributed by atoms with Crippen molar-refractivity contribution < 1.29 is 9.90 Å². The highest BCUT2D eigenvalue weighted by molar-refractivity contribution is 5.74. The fourth-order valence-electron chi connectivity index (χ4n) is 2.82. The Kier molecular flexibility index (Phi) is 6.21. The number of hydrogen-bond donors (Lipinski definition) is 2. The van der Waals surface area contributed by atoms with Gasteiger partial charge in [0.2, 0.25) is 0 Å². The number of aliphatic hydroxyl groups excluding tert-OH is 1. The van der Waals surface area contributed by atoms with E-state index in [-0.39, 0.29) is 18.6 Å². The molecule has 2 amide bonds. The quantitative estimate of drug-likeness (QED) is 0.870. The summed E-state index contributed by atoms with van der Waals surface area (Å²) in [6.07, 6.45) is 1.98. The van der Waals surface area contributed by atoms with Gasteiger partial charge in [0.15, 0.2) is 0 Å². The number of benzene rings is 1. The van der Waals surface area contributed by atoms with E-state index in [1.807, 2.05) is 19.0 Å². The monoisotopic (exact) mass is 305 g/mol. The summed E-state index contributed by atoms with van der Waals surface area (Å²) >= 11 is 0. The van der Waals surface area contributed by atoms with Gasteiger partial charge in [-0.1, -0.05) is 24.3 Å². The van der Waals surface area contributed by atoms with Crippen molar-refractivity contribution in [1.29, 1.82) is 0 Å². The number of nitrogens with one attached hydrogen (secondary N) is 1. The van der Waals surface area contributed by atoms with Crippen LogP contribution in [0.5, 0.6) is 0 Å². The summed E-state index contributed by atoms with van der Waals surface area (Å²) in [5, 5.41) is 12.2. The molecule has 1 aromatic carbocycles. The Balaban J connectivity index is 1.80. The van der Waals surface area contributed by atoms with Crippen molar-refractivity contribution >= 4 is 6.03 Å². The second kappa shape index (κ2) is 8.15. The molecule has 1 saturated heterocycles. The van der Waals surface area contributed by atoms with E-state index in [9.17, 15) is 9.90 Å². The Labute approximate surface area is 132 Å². The first kappa shape index (κ1) is 16.8. The first-order valence-electron chi connectivity index (χ1n) is 7.94. The molecule has 2 rings (SSSR count). The number of rotatable bonds is 5. The fraction of sp³-hybridized carbons (Fsp3) is 0.588. The van der Waals surface area contributed by atoms with Crippen molar-refractivity contribution in [3.05, 3.63) is 35.4 Å². The van der Waals surface area contributed by atoms with Crippen molar-refractivity contribution in [2.24, 2.45) is 5.92 Å². The second-order valence-electron chi connectivity index (χ2n) is 6.35. The molecule has 1 fully saturated rings. The normalized spacial score (nSPS) is 18.5. The zero-order chi connectivity index (χ0) is 15.9. The molecule has 2 N–H and O–H groups in total. The lowest BCUT2D eigenvalue weighted by molar-refractivity contribution is 0.129. The third-order valence-corrected chi connectivity index (χ3v) is 4.03. The number of nitrogens with zero attached hydrogens (tertiary/aromatic N) is 2. The van der Waals surface area contributed by atoms with Crippen LogP contribution in [0.15, 0.2) is 24.3 Å². The number of piperidine rings is 1. The molecule has 1 aliphatic rings. The van der Waals surface area contributed by atoms with E-state index in [2.05, 4.69) is 34.5 Å². The number of carbonyl (C=O) groups excluding carboxylic acids is 1. The van der Waals surface area contributed by atoms with Crippen molar-refractivity contribution in [3.8, 4) is 0 Å². The molecule has 1 heterocycles. The first-order chi connectivity index (χ1) is 10.6. The van der Waals surface area contributed by atoms with Gasteiger partial charge in [0.05, 0.1) is 0 Å². The molecule has 0 aliphatic carbocycles. The Morgan fingerprint density at radius 3 is 2.64 bits per heavy atom. The number of aliphatic hydroxyl groups is 1. The Morgan fingerprint density at radius 1 is 1.32 bits per heavy atom. The van der Waals surface area contributed by atoms with Crippen molar-refractivity contribution in [2.45, 2.75) is 25.9 Å². The minimum absolute atomic E-state index is 0.0319. The number of hydrogen-bond acceptors (Lipinski definition) is 3. The summed E-state index contributed by atoms with van der Waals surface area (Å²) in [6.45, 7) is 3.07. The van der Waals surface area contributed by atoms with Gasteiger partial charge in [0.1, 0.15) is 0 Å². The van der Waals surface area contributed by atoms with Crippen LogP contribution in [0.4, 0.5) is 4.79 Å². The van der Waals surface area contributed by atoms with Crippen LogP contribution in [-0.4, -0.2) is 54.7 Å². The molecule has 0 saturated carbocycles. The van der Waals surface area contributed by atoms with Crippen LogP contribution in [0.25, 0.3) is 0 Å². The van der Waals surface area contributed by atoms with E-state index in [0.29, 0.717) is 13.1 Å². The molecule has 22 heavy (non-hydrogen) atoms. The molecule has 0 bridgehead atoms. The number of amides is 2. The van der Waals surface area contributed by atoms with Crippen LogP contribution in [0.2, 0.25) is 0 Å². The lowest BCUT2D eigenvalue weighted by Gasteiger charge is -2.31. The van der Waals surface area contributed by atoms with Crippen LogP contribution >= 0.6 is 0 Å². The molecule has 1 atom stereocenters. The maximum atomic E-state index is 12.2. The third kappa shape index (κ3) is 5.00. The molecule has 5 nitrogen and oxygen atoms in total. The Morgan fingerprint density at radius 2 is 2.00 bits per heavy atom. The molecule has 122 valence electrons. The fourth-order valence-corrected chi connectivity index (χ4v) is 2.82. The molecule has 5 heteroatoms. The maximum Gasteiger partial charge on any atom is 0.317 e. The molecule has 0 spiro atoms. The lowest BCUT2D eigenvalue weighted by Crippen LogP contribution is -2.45. The summed E-state index contributed by atoms with van der Waals surface area (Å²) in [7, 11) is 4.10. The van der Waals surface area contributed by atoms with Crippen molar-refractivity contribution in [1.82, 2.24) is 15.1 Å². The van der Waals surface area contributed by atoms with Gasteiger partial charge in [-0.05, 0) is 44.0 Å². The van der Waals surface area contributed by atoms with Crippen LogP contribution in [0.1, 0.15) is 24.0 Å². The third-order valence-electron chi connectivity index (χ3n) is 4.03. The molecular weight excluding hydrogens is 278 g/mol. The van der Waals surface area contributed by atoms with Gasteiger partial charge in [0.25, 0.3) is 0 Å². The average Bonchev–Trinajstić information content (AvgIpc) is 2.53. The van der Waals surface area contributed by atoms with Crippen molar-refractivity contribution in [2.75, 3.05) is 33.8 Å². The van der Waals surface area contributed by atoms with Crippen LogP contribution in [0.3, 0.4) is 0 Å². The maximum absolute atomic E-state index is 12.2. The van der Waals surface area contributed by atoms with Gasteiger partial charge in [-0.25, -0.2) is 4.79 Å². The van der Waals surface area contributed by atoms with Gasteiger partial charge in [0, 0.05) is 32.8 Å². The minimum atomic E-state index is -0.0319. The van der Waals surface area contributed by atoms with Crippen LogP contribution < -0.4 is 5.32 Å². The van der Waals surface area contributed by atoms with Crippen molar-refractivity contribution in [3.63, 3.8) is 0 Å². The first-order valence-corrected chi connectivity index (χ1v) is 7.94. The number of urea groups is 1. The van der Waals surface area contributed by atoms with Gasteiger partial charge < -0.3 is 20.2 Å². The molecule has 0 aromatic heterocycles. The largest absolute Gasteiger partial charge is 0.396 e. The summed E-state index contributed by atoms with van der Waals surface area (Å²) in [4.78, 5) is 16.1. The average molecular weight is 305 g/mol. The predicted octanol–water partition coefficient (Wildman–Crippen LogP) is 1.66. The van der Waals surface area contributed by atoms with Gasteiger partial charge in [-0.2, -0.15) is 0 Å². The van der Waals surface area contributed by atoms with E-state index in [1.54, 1.807) is 0 Å². The van der Waals surface area contributed by atoms with E-state index in [0.717, 1.165) is 31.5 Å². The Hall–Kier alpha value is -1.59. The SMILES string of the molecule is CN(C)Cc1ccc(CNC(=O)N2CCCC(CO)C2)cc1. The Bertz CT molecular complexity index is 473. The van der Waals surface area contributed by atoms with E-state index >= 15 is 0 Å². The number of carbonyl (C=O) groups is 1. The predicted molar refractivity (Wildman–Crippen MR) is 87.5 cm³/mol. The minimum Gasteiger partial charge on any atom is -0.396 e. The zero-order valence-corrected chi connectivity index (χ0v) is 13.6. The number of likely N-dealkylation sites (tertiary alicyclic amines) is 1. The van der Waals surface area contributed by atoms with Crippen LogP contribution in [-0.2, 0) is 13.1 Å². The van der Waals surface area contributed by atoms with Gasteiger partial charge in [-0.3, -0.25) is 0 Å². The van der Waals surface area contributed by atoms with Gasteiger partial charge in [-0.15, -0.1) is 0 Å². The van der Waals surface area contributed by atoms with E-state index < -0.39 is 0 Å². The topological polar surface area (TPSA) is 55.8 Å². The highest BCUT2D eigenvalue weighted by Gasteiger charge is 2.22. The lowest BCUT2D eigenvalue weighted by atomic mass is 9.99. The summed E-state index contributed by atoms with van der Waals surface area (Å²) in [5.41, 5.74) is 2.37. The molecule has 1 aliphatic heterocycles. The molecule has 1 aromatic rings. The molecular formula is C17H27N3O2. The van der Waals surface area contributed by atoms with Crippen LogP contribution in [0, 0.1) is 5.92 Å². The summed E-state index contributed by atoms with van der Waals surface area (Å²) in [6, 6.07) is 8.29. The standard InChI is InChI=1S/C17H27N3O2/c1-19(2)11-15-7-5-14(6-8-15)10-18-17(22)20-9-3-4-16(12-20)13-21/h5-8,16,21H,3-4,9-13H2,1-2H3,(H,18,22). The summed E-state index contributed by atoms with van der Waals surface area (Å²) < 4.78 is 0. The van der Waals surface area contributed by atoms with E-state index in [4.69, 9.17) is 0 Å². The van der Waals surface area contributed by atoms with E-state index in [1.165, 1.54) is 5.56 Å². The molecule has 1 unspecified atom stereocenters. The highest BCUT2D eigenvalue weighted by Crippen LogP contribution is 2.15. The summed E-state index contributed by atoms with van der Waals surface area (Å²) in [5.74, 6) is 0.227. The zero-order valence-electron chi connectivity index (χ0n) is 13.6. The smallest absolute Gasteiger partial charge is 0.317 e. The molecule has 0 radical (unpaired) electrons. The second-order valence-corrected chi connectivity index (χ2v) is 6.35. The highest BCUT2D eigenvalue weighted by atomic mass is 16.3.